The van der Waals surface area contributed by atoms with E-state index in [0.717, 1.165) is 12.0 Å². The van der Waals surface area contributed by atoms with E-state index in [1.807, 2.05) is 12.1 Å². The highest BCUT2D eigenvalue weighted by atomic mass is 16.3. The van der Waals surface area contributed by atoms with Crippen LogP contribution in [-0.2, 0) is 13.0 Å². The van der Waals surface area contributed by atoms with Crippen molar-refractivity contribution in [3.8, 4) is 0 Å². The van der Waals surface area contributed by atoms with E-state index in [2.05, 4.69) is 10.3 Å². The van der Waals surface area contributed by atoms with Gasteiger partial charge in [0.05, 0.1) is 12.8 Å². The van der Waals surface area contributed by atoms with Gasteiger partial charge in [0.25, 0.3) is 11.8 Å². The third kappa shape index (κ3) is 5.04. The molecule has 0 aliphatic rings. The number of furan rings is 1. The summed E-state index contributed by atoms with van der Waals surface area (Å²) in [4.78, 5) is 30.3. The molecule has 1 N–H and O–H groups in total. The van der Waals surface area contributed by atoms with Crippen molar-refractivity contribution in [2.45, 2.75) is 13.0 Å². The van der Waals surface area contributed by atoms with Crippen molar-refractivity contribution < 1.29 is 14.0 Å². The maximum Gasteiger partial charge on any atom is 0.253 e. The van der Waals surface area contributed by atoms with Crippen molar-refractivity contribution in [2.24, 2.45) is 0 Å². The third-order valence-corrected chi connectivity index (χ3v) is 4.23. The summed E-state index contributed by atoms with van der Waals surface area (Å²) in [5.74, 6) is 0.397. The second-order valence-electron chi connectivity index (χ2n) is 6.17. The van der Waals surface area contributed by atoms with Crippen LogP contribution in [0.4, 0.5) is 0 Å². The van der Waals surface area contributed by atoms with Crippen molar-refractivity contribution in [2.75, 3.05) is 13.6 Å². The van der Waals surface area contributed by atoms with Gasteiger partial charge in [0.15, 0.2) is 0 Å². The predicted octanol–water partition coefficient (Wildman–Crippen LogP) is 2.92. The van der Waals surface area contributed by atoms with Gasteiger partial charge < -0.3 is 14.6 Å². The van der Waals surface area contributed by atoms with Crippen molar-refractivity contribution in [3.05, 3.63) is 89.6 Å². The molecule has 138 valence electrons. The largest absolute Gasteiger partial charge is 0.467 e. The Morgan fingerprint density at radius 3 is 2.41 bits per heavy atom. The first-order chi connectivity index (χ1) is 13.1. The van der Waals surface area contributed by atoms with E-state index in [4.69, 9.17) is 4.42 Å². The van der Waals surface area contributed by atoms with E-state index >= 15 is 0 Å². The lowest BCUT2D eigenvalue weighted by atomic mass is 10.1. The van der Waals surface area contributed by atoms with Crippen molar-refractivity contribution in [1.29, 1.82) is 0 Å². The number of rotatable bonds is 7. The fraction of sp³-hybridized carbons (Fsp3) is 0.190. The molecule has 3 rings (SSSR count). The number of hydrogen-bond acceptors (Lipinski definition) is 4. The Morgan fingerprint density at radius 2 is 1.74 bits per heavy atom. The first kappa shape index (κ1) is 18.4. The average Bonchev–Trinajstić information content (AvgIpc) is 3.24. The SMILES string of the molecule is CN(CCc1ccncc1)C(=O)c1ccc(C(=O)NCc2ccco2)cc1. The Bertz CT molecular complexity index is 875. The monoisotopic (exact) mass is 363 g/mol. The van der Waals surface area contributed by atoms with Gasteiger partial charge in [0, 0.05) is 37.1 Å². The number of hydrogen-bond donors (Lipinski definition) is 1. The van der Waals surface area contributed by atoms with Gasteiger partial charge in [0.1, 0.15) is 5.76 Å². The van der Waals surface area contributed by atoms with Crippen LogP contribution in [0.25, 0.3) is 0 Å². The Morgan fingerprint density at radius 1 is 1.04 bits per heavy atom. The molecule has 0 fully saturated rings. The molecule has 3 aromatic rings. The average molecular weight is 363 g/mol. The van der Waals surface area contributed by atoms with E-state index in [9.17, 15) is 9.59 Å². The second kappa shape index (κ2) is 8.80. The van der Waals surface area contributed by atoms with Gasteiger partial charge in [-0.2, -0.15) is 0 Å². The summed E-state index contributed by atoms with van der Waals surface area (Å²) < 4.78 is 5.18. The van der Waals surface area contributed by atoms with Gasteiger partial charge in [0.2, 0.25) is 0 Å². The molecular formula is C21H21N3O3. The normalized spacial score (nSPS) is 10.4. The molecular weight excluding hydrogens is 342 g/mol. The molecule has 0 radical (unpaired) electrons. The third-order valence-electron chi connectivity index (χ3n) is 4.23. The molecule has 1 aromatic carbocycles. The first-order valence-corrected chi connectivity index (χ1v) is 8.68. The van der Waals surface area contributed by atoms with Crippen LogP contribution in [-0.4, -0.2) is 35.3 Å². The molecule has 6 nitrogen and oxygen atoms in total. The molecule has 0 atom stereocenters. The molecule has 0 saturated heterocycles. The van der Waals surface area contributed by atoms with Crippen LogP contribution in [0.3, 0.4) is 0 Å². The van der Waals surface area contributed by atoms with E-state index in [0.29, 0.717) is 30.0 Å². The summed E-state index contributed by atoms with van der Waals surface area (Å²) in [6.45, 7) is 0.929. The fourth-order valence-corrected chi connectivity index (χ4v) is 2.61. The Hall–Kier alpha value is -3.41. The second-order valence-corrected chi connectivity index (χ2v) is 6.17. The zero-order chi connectivity index (χ0) is 19.1. The molecule has 0 spiro atoms. The fourth-order valence-electron chi connectivity index (χ4n) is 2.61. The smallest absolute Gasteiger partial charge is 0.253 e. The van der Waals surface area contributed by atoms with Crippen molar-refractivity contribution in [3.63, 3.8) is 0 Å². The molecule has 0 saturated carbocycles. The van der Waals surface area contributed by atoms with Gasteiger partial charge in [-0.3, -0.25) is 14.6 Å². The zero-order valence-electron chi connectivity index (χ0n) is 15.1. The Balaban J connectivity index is 1.53. The van der Waals surface area contributed by atoms with E-state index in [-0.39, 0.29) is 11.8 Å². The molecule has 2 heterocycles. The van der Waals surface area contributed by atoms with E-state index in [1.54, 1.807) is 67.0 Å². The lowest BCUT2D eigenvalue weighted by Gasteiger charge is -2.17. The summed E-state index contributed by atoms with van der Waals surface area (Å²) in [7, 11) is 1.77. The van der Waals surface area contributed by atoms with E-state index in [1.165, 1.54) is 0 Å². The lowest BCUT2D eigenvalue weighted by Crippen LogP contribution is -2.29. The van der Waals surface area contributed by atoms with Crippen molar-refractivity contribution >= 4 is 11.8 Å². The quantitative estimate of drug-likeness (QED) is 0.700. The van der Waals surface area contributed by atoms with Crippen LogP contribution in [0.15, 0.2) is 71.6 Å². The molecule has 6 heteroatoms. The highest BCUT2D eigenvalue weighted by molar-refractivity contribution is 5.97. The Kier molecular flexibility index (Phi) is 5.99. The van der Waals surface area contributed by atoms with Crippen LogP contribution >= 0.6 is 0 Å². The van der Waals surface area contributed by atoms with Crippen LogP contribution in [0.2, 0.25) is 0 Å². The number of pyridine rings is 1. The lowest BCUT2D eigenvalue weighted by molar-refractivity contribution is 0.0795. The number of carbonyl (C=O) groups excluding carboxylic acids is 2. The minimum absolute atomic E-state index is 0.0772. The van der Waals surface area contributed by atoms with Crippen molar-refractivity contribution in [1.82, 2.24) is 15.2 Å². The van der Waals surface area contributed by atoms with Crippen LogP contribution in [0.5, 0.6) is 0 Å². The highest BCUT2D eigenvalue weighted by Crippen LogP contribution is 2.09. The molecule has 0 bridgehead atoms. The summed E-state index contributed by atoms with van der Waals surface area (Å²) in [6, 6.07) is 14.1. The van der Waals surface area contributed by atoms with Gasteiger partial charge >= 0.3 is 0 Å². The highest BCUT2D eigenvalue weighted by Gasteiger charge is 2.13. The minimum Gasteiger partial charge on any atom is -0.467 e. The number of carbonyl (C=O) groups is 2. The first-order valence-electron chi connectivity index (χ1n) is 8.68. The number of likely N-dealkylation sites (N-methyl/N-ethyl adjacent to an activating group) is 1. The summed E-state index contributed by atoms with van der Waals surface area (Å²) in [6.07, 6.45) is 5.81. The van der Waals surface area contributed by atoms with E-state index < -0.39 is 0 Å². The molecule has 0 aliphatic heterocycles. The van der Waals surface area contributed by atoms with Gasteiger partial charge in [-0.05, 0) is 60.5 Å². The Labute approximate surface area is 157 Å². The standard InChI is InChI=1S/C21H21N3O3/c1-24(13-10-16-8-11-22-12-9-16)21(26)18-6-4-17(5-7-18)20(25)23-15-19-3-2-14-27-19/h2-9,11-12,14H,10,13,15H2,1H3,(H,23,25). The maximum atomic E-state index is 12.5. The number of nitrogens with one attached hydrogen (secondary N) is 1. The van der Waals surface area contributed by atoms with Gasteiger partial charge in [-0.1, -0.05) is 0 Å². The summed E-state index contributed by atoms with van der Waals surface area (Å²) in [5.41, 5.74) is 2.18. The van der Waals surface area contributed by atoms with Crippen LogP contribution < -0.4 is 5.32 Å². The summed E-state index contributed by atoms with van der Waals surface area (Å²) in [5, 5.41) is 2.78. The predicted molar refractivity (Wildman–Crippen MR) is 101 cm³/mol. The number of amides is 2. The molecule has 2 amide bonds. The number of nitrogens with zero attached hydrogens (tertiary/aromatic N) is 2. The number of benzene rings is 1. The van der Waals surface area contributed by atoms with Crippen LogP contribution in [0.1, 0.15) is 32.0 Å². The summed E-state index contributed by atoms with van der Waals surface area (Å²) >= 11 is 0. The minimum atomic E-state index is -0.212. The molecule has 0 aliphatic carbocycles. The molecule has 27 heavy (non-hydrogen) atoms. The molecule has 0 unspecified atom stereocenters. The topological polar surface area (TPSA) is 75.4 Å². The van der Waals surface area contributed by atoms with Gasteiger partial charge in [-0.25, -0.2) is 0 Å². The van der Waals surface area contributed by atoms with Gasteiger partial charge in [-0.15, -0.1) is 0 Å². The maximum absolute atomic E-state index is 12.5. The molecule has 2 aromatic heterocycles. The number of aromatic nitrogens is 1. The van der Waals surface area contributed by atoms with Crippen LogP contribution in [0, 0.1) is 0 Å². The zero-order valence-corrected chi connectivity index (χ0v) is 15.1.